The molecule has 0 radical (unpaired) electrons. The summed E-state index contributed by atoms with van der Waals surface area (Å²) in [5.74, 6) is 0.239. The topological polar surface area (TPSA) is 76.4 Å². The summed E-state index contributed by atoms with van der Waals surface area (Å²) in [6, 6.07) is 9.05. The number of amides is 1. The average molecular weight is 360 g/mol. The Labute approximate surface area is 150 Å². The van der Waals surface area contributed by atoms with Gasteiger partial charge in [0.1, 0.15) is 17.1 Å². The number of fused-ring (bicyclic) bond motifs is 1. The second-order valence-corrected chi connectivity index (χ2v) is 5.93. The molecule has 3 rings (SSSR count). The quantitative estimate of drug-likeness (QED) is 0.652. The monoisotopic (exact) mass is 359 g/mol. The normalized spacial score (nSPS) is 10.8. The number of hydrogen-bond acceptors (Lipinski definition) is 5. The van der Waals surface area contributed by atoms with Gasteiger partial charge in [0.25, 0.3) is 5.91 Å². The number of halogens is 1. The van der Waals surface area contributed by atoms with E-state index in [4.69, 9.17) is 20.8 Å². The molecule has 0 fully saturated rings. The number of nitrogens with one attached hydrogen (secondary N) is 2. The van der Waals surface area contributed by atoms with Gasteiger partial charge in [0.05, 0.1) is 18.3 Å². The number of pyridine rings is 1. The third-order valence-corrected chi connectivity index (χ3v) is 4.12. The molecule has 0 bridgehead atoms. The zero-order chi connectivity index (χ0) is 17.8. The van der Waals surface area contributed by atoms with Gasteiger partial charge in [0, 0.05) is 30.4 Å². The fourth-order valence-corrected chi connectivity index (χ4v) is 2.52. The molecular weight excluding hydrogens is 342 g/mol. The first kappa shape index (κ1) is 17.3. The second-order valence-electron chi connectivity index (χ2n) is 5.53. The van der Waals surface area contributed by atoms with Crippen molar-refractivity contribution in [3.63, 3.8) is 0 Å². The molecule has 2 aromatic heterocycles. The Balaban J connectivity index is 1.92. The molecule has 0 aliphatic carbocycles. The smallest absolute Gasteiger partial charge is 0.270 e. The Hall–Kier alpha value is -2.57. The van der Waals surface area contributed by atoms with E-state index in [-0.39, 0.29) is 11.6 Å². The minimum Gasteiger partial charge on any atom is -0.464 e. The van der Waals surface area contributed by atoms with Crippen LogP contribution in [0.5, 0.6) is 0 Å². The summed E-state index contributed by atoms with van der Waals surface area (Å²) in [6.07, 6.45) is 1.56. The summed E-state index contributed by atoms with van der Waals surface area (Å²) in [4.78, 5) is 16.7. The van der Waals surface area contributed by atoms with E-state index >= 15 is 0 Å². The van der Waals surface area contributed by atoms with Crippen molar-refractivity contribution >= 4 is 40.0 Å². The van der Waals surface area contributed by atoms with Crippen molar-refractivity contribution in [3.05, 3.63) is 52.9 Å². The molecule has 2 N–H and O–H groups in total. The zero-order valence-corrected chi connectivity index (χ0v) is 14.7. The van der Waals surface area contributed by atoms with E-state index in [2.05, 4.69) is 15.6 Å². The summed E-state index contributed by atoms with van der Waals surface area (Å²) >= 11 is 6.17. The second kappa shape index (κ2) is 7.55. The maximum Gasteiger partial charge on any atom is 0.270 e. The SMILES string of the molecule is COCCNC(=O)c1cc2occc2c(Nc2ccc(C)c(Cl)c2)n1. The van der Waals surface area contributed by atoms with Crippen molar-refractivity contribution in [3.8, 4) is 0 Å². The van der Waals surface area contributed by atoms with Gasteiger partial charge < -0.3 is 19.8 Å². The lowest BCUT2D eigenvalue weighted by atomic mass is 10.2. The first-order valence-corrected chi connectivity index (χ1v) is 8.15. The standard InChI is InChI=1S/C18H18ClN3O3/c1-11-3-4-12(9-14(11)19)21-17-13-5-7-25-16(13)10-15(22-17)18(23)20-6-8-24-2/h3-5,7,9-10H,6,8H2,1-2H3,(H,20,23)(H,21,22). The molecule has 2 heterocycles. The fraction of sp³-hybridized carbons (Fsp3) is 0.222. The Morgan fingerprint density at radius 2 is 2.16 bits per heavy atom. The highest BCUT2D eigenvalue weighted by Crippen LogP contribution is 2.28. The molecule has 6 nitrogen and oxygen atoms in total. The molecule has 130 valence electrons. The summed E-state index contributed by atoms with van der Waals surface area (Å²) in [7, 11) is 1.58. The van der Waals surface area contributed by atoms with Crippen LogP contribution in [-0.4, -0.2) is 31.2 Å². The van der Waals surface area contributed by atoms with Crippen LogP contribution < -0.4 is 10.6 Å². The zero-order valence-electron chi connectivity index (χ0n) is 13.9. The first-order valence-electron chi connectivity index (χ1n) is 7.77. The van der Waals surface area contributed by atoms with E-state index in [1.54, 1.807) is 25.5 Å². The van der Waals surface area contributed by atoms with Gasteiger partial charge in [-0.15, -0.1) is 0 Å². The van der Waals surface area contributed by atoms with Crippen LogP contribution in [0.25, 0.3) is 11.0 Å². The van der Waals surface area contributed by atoms with Crippen LogP contribution in [0, 0.1) is 6.92 Å². The third-order valence-electron chi connectivity index (χ3n) is 3.71. The van der Waals surface area contributed by atoms with E-state index in [1.165, 1.54) is 0 Å². The number of aryl methyl sites for hydroxylation is 1. The lowest BCUT2D eigenvalue weighted by Gasteiger charge is -2.10. The maximum absolute atomic E-state index is 12.3. The lowest BCUT2D eigenvalue weighted by molar-refractivity contribution is 0.0932. The molecule has 3 aromatic rings. The van der Waals surface area contributed by atoms with Crippen LogP contribution in [0.2, 0.25) is 5.02 Å². The minimum atomic E-state index is -0.291. The number of carbonyl (C=O) groups excluding carboxylic acids is 1. The van der Waals surface area contributed by atoms with Crippen LogP contribution >= 0.6 is 11.6 Å². The van der Waals surface area contributed by atoms with E-state index in [9.17, 15) is 4.79 Å². The van der Waals surface area contributed by atoms with Crippen molar-refractivity contribution in [1.29, 1.82) is 0 Å². The van der Waals surface area contributed by atoms with Gasteiger partial charge in [0.2, 0.25) is 0 Å². The number of nitrogens with zero attached hydrogens (tertiary/aromatic N) is 1. The predicted octanol–water partition coefficient (Wildman–Crippen LogP) is 3.91. The fourth-order valence-electron chi connectivity index (χ4n) is 2.34. The van der Waals surface area contributed by atoms with E-state index in [0.717, 1.165) is 16.6 Å². The molecule has 0 atom stereocenters. The molecule has 0 aliphatic heterocycles. The molecule has 25 heavy (non-hydrogen) atoms. The average Bonchev–Trinajstić information content (AvgIpc) is 3.07. The highest BCUT2D eigenvalue weighted by molar-refractivity contribution is 6.31. The maximum atomic E-state index is 12.3. The highest BCUT2D eigenvalue weighted by Gasteiger charge is 2.14. The first-order chi connectivity index (χ1) is 12.1. The summed E-state index contributed by atoms with van der Waals surface area (Å²) in [5, 5.41) is 7.39. The number of methoxy groups -OCH3 is 1. The number of furan rings is 1. The summed E-state index contributed by atoms with van der Waals surface area (Å²) < 4.78 is 10.4. The number of carbonyl (C=O) groups is 1. The van der Waals surface area contributed by atoms with Crippen molar-refractivity contribution in [1.82, 2.24) is 10.3 Å². The Morgan fingerprint density at radius 1 is 1.32 bits per heavy atom. The molecule has 1 aromatic carbocycles. The van der Waals surface area contributed by atoms with Gasteiger partial charge >= 0.3 is 0 Å². The van der Waals surface area contributed by atoms with E-state index < -0.39 is 0 Å². The van der Waals surface area contributed by atoms with Gasteiger partial charge in [-0.3, -0.25) is 4.79 Å². The molecule has 0 saturated heterocycles. The predicted molar refractivity (Wildman–Crippen MR) is 97.7 cm³/mol. The minimum absolute atomic E-state index is 0.263. The van der Waals surface area contributed by atoms with Gasteiger partial charge in [-0.1, -0.05) is 17.7 Å². The number of aromatic nitrogens is 1. The van der Waals surface area contributed by atoms with E-state index in [1.807, 2.05) is 25.1 Å². The molecule has 0 aliphatic rings. The Kier molecular flexibility index (Phi) is 5.21. The molecule has 0 spiro atoms. The number of hydrogen-bond donors (Lipinski definition) is 2. The van der Waals surface area contributed by atoms with Crippen molar-refractivity contribution < 1.29 is 13.9 Å². The molecular formula is C18H18ClN3O3. The molecule has 1 amide bonds. The van der Waals surface area contributed by atoms with Crippen LogP contribution in [0.15, 0.2) is 41.0 Å². The van der Waals surface area contributed by atoms with Crippen molar-refractivity contribution in [2.75, 3.05) is 25.6 Å². The Bertz CT molecular complexity index is 908. The van der Waals surface area contributed by atoms with Gasteiger partial charge in [-0.25, -0.2) is 4.98 Å². The van der Waals surface area contributed by atoms with Crippen molar-refractivity contribution in [2.45, 2.75) is 6.92 Å². The summed E-state index contributed by atoms with van der Waals surface area (Å²) in [5.41, 5.74) is 2.61. The number of rotatable bonds is 6. The van der Waals surface area contributed by atoms with Crippen LogP contribution in [0.3, 0.4) is 0 Å². The van der Waals surface area contributed by atoms with E-state index in [0.29, 0.717) is 29.6 Å². The summed E-state index contributed by atoms with van der Waals surface area (Å²) in [6.45, 7) is 2.77. The molecule has 0 saturated carbocycles. The largest absolute Gasteiger partial charge is 0.464 e. The van der Waals surface area contributed by atoms with Crippen LogP contribution in [0.4, 0.5) is 11.5 Å². The number of ether oxygens (including phenoxy) is 1. The van der Waals surface area contributed by atoms with Crippen LogP contribution in [0.1, 0.15) is 16.1 Å². The number of benzene rings is 1. The Morgan fingerprint density at radius 3 is 2.92 bits per heavy atom. The van der Waals surface area contributed by atoms with Crippen LogP contribution in [-0.2, 0) is 4.74 Å². The lowest BCUT2D eigenvalue weighted by Crippen LogP contribution is -2.27. The number of anilines is 2. The third kappa shape index (κ3) is 3.92. The van der Waals surface area contributed by atoms with Gasteiger partial charge in [-0.2, -0.15) is 0 Å². The van der Waals surface area contributed by atoms with Gasteiger partial charge in [0.15, 0.2) is 0 Å². The van der Waals surface area contributed by atoms with Crippen molar-refractivity contribution in [2.24, 2.45) is 0 Å². The molecule has 0 unspecified atom stereocenters. The van der Waals surface area contributed by atoms with Gasteiger partial charge in [-0.05, 0) is 30.7 Å². The molecule has 7 heteroatoms. The highest BCUT2D eigenvalue weighted by atomic mass is 35.5.